The van der Waals surface area contributed by atoms with Crippen LogP contribution in [-0.4, -0.2) is 36.1 Å². The molecular formula is C10H19NO2. The van der Waals surface area contributed by atoms with Gasteiger partial charge in [-0.25, -0.2) is 0 Å². The van der Waals surface area contributed by atoms with Gasteiger partial charge in [0.2, 0.25) is 0 Å². The second kappa shape index (κ2) is 4.61. The maximum atomic E-state index is 11.0. The highest BCUT2D eigenvalue weighted by Gasteiger charge is 2.29. The maximum Gasteiger partial charge on any atom is 0.306 e. The van der Waals surface area contributed by atoms with Crippen molar-refractivity contribution in [3.05, 3.63) is 0 Å². The van der Waals surface area contributed by atoms with Gasteiger partial charge in [-0.3, -0.25) is 4.79 Å². The first-order valence-corrected chi connectivity index (χ1v) is 5.06. The molecule has 1 heterocycles. The zero-order valence-electron chi connectivity index (χ0n) is 8.49. The molecule has 1 saturated heterocycles. The highest BCUT2D eigenvalue weighted by molar-refractivity contribution is 5.70. The SMILES string of the molecule is CCC1CCN(C)CCC1C(=O)O. The quantitative estimate of drug-likeness (QED) is 0.707. The lowest BCUT2D eigenvalue weighted by molar-refractivity contribution is -0.143. The molecule has 1 N–H and O–H groups in total. The molecule has 1 fully saturated rings. The van der Waals surface area contributed by atoms with Crippen molar-refractivity contribution < 1.29 is 9.90 Å². The monoisotopic (exact) mass is 185 g/mol. The molecule has 0 aromatic rings. The molecule has 0 saturated carbocycles. The van der Waals surface area contributed by atoms with Crippen molar-refractivity contribution >= 4 is 5.97 Å². The van der Waals surface area contributed by atoms with Crippen LogP contribution in [0.15, 0.2) is 0 Å². The Balaban J connectivity index is 2.61. The number of carbonyl (C=O) groups is 1. The Morgan fingerprint density at radius 2 is 2.08 bits per heavy atom. The molecule has 2 atom stereocenters. The van der Waals surface area contributed by atoms with Crippen molar-refractivity contribution in [2.24, 2.45) is 11.8 Å². The summed E-state index contributed by atoms with van der Waals surface area (Å²) in [5.74, 6) is -0.348. The van der Waals surface area contributed by atoms with Crippen molar-refractivity contribution in [3.8, 4) is 0 Å². The standard InChI is InChI=1S/C10H19NO2/c1-3-8-4-6-11(2)7-5-9(8)10(12)13/h8-9H,3-7H2,1-2H3,(H,12,13). The summed E-state index contributed by atoms with van der Waals surface area (Å²) in [4.78, 5) is 13.2. The van der Waals surface area contributed by atoms with Gasteiger partial charge in [-0.05, 0) is 38.9 Å². The predicted molar refractivity (Wildman–Crippen MR) is 51.6 cm³/mol. The fraction of sp³-hybridized carbons (Fsp3) is 0.900. The number of carboxylic acid groups (broad SMARTS) is 1. The van der Waals surface area contributed by atoms with Gasteiger partial charge >= 0.3 is 5.97 Å². The van der Waals surface area contributed by atoms with E-state index in [1.54, 1.807) is 0 Å². The molecule has 3 nitrogen and oxygen atoms in total. The van der Waals surface area contributed by atoms with Crippen LogP contribution in [-0.2, 0) is 4.79 Å². The van der Waals surface area contributed by atoms with Gasteiger partial charge < -0.3 is 10.0 Å². The lowest BCUT2D eigenvalue weighted by Crippen LogP contribution is -2.23. The number of hydrogen-bond acceptors (Lipinski definition) is 2. The summed E-state index contributed by atoms with van der Waals surface area (Å²) in [6, 6.07) is 0. The van der Waals surface area contributed by atoms with E-state index in [2.05, 4.69) is 18.9 Å². The van der Waals surface area contributed by atoms with Crippen LogP contribution < -0.4 is 0 Å². The molecule has 3 heteroatoms. The third-order valence-electron chi connectivity index (χ3n) is 3.11. The number of hydrogen-bond donors (Lipinski definition) is 1. The van der Waals surface area contributed by atoms with Crippen LogP contribution in [0.2, 0.25) is 0 Å². The van der Waals surface area contributed by atoms with Crippen molar-refractivity contribution in [2.75, 3.05) is 20.1 Å². The fourth-order valence-corrected chi connectivity index (χ4v) is 2.11. The molecular weight excluding hydrogens is 166 g/mol. The van der Waals surface area contributed by atoms with Gasteiger partial charge in [-0.2, -0.15) is 0 Å². The lowest BCUT2D eigenvalue weighted by atomic mass is 9.86. The number of rotatable bonds is 2. The smallest absolute Gasteiger partial charge is 0.306 e. The van der Waals surface area contributed by atoms with E-state index < -0.39 is 5.97 Å². The Labute approximate surface area is 79.7 Å². The third kappa shape index (κ3) is 2.69. The van der Waals surface area contributed by atoms with Crippen molar-refractivity contribution in [3.63, 3.8) is 0 Å². The molecule has 2 unspecified atom stereocenters. The first-order valence-electron chi connectivity index (χ1n) is 5.06. The van der Waals surface area contributed by atoms with Gasteiger partial charge in [0.05, 0.1) is 5.92 Å². The number of nitrogens with zero attached hydrogens (tertiary/aromatic N) is 1. The first-order chi connectivity index (χ1) is 6.15. The van der Waals surface area contributed by atoms with Gasteiger partial charge in [0.25, 0.3) is 0 Å². The number of likely N-dealkylation sites (tertiary alicyclic amines) is 1. The number of aliphatic carboxylic acids is 1. The Morgan fingerprint density at radius 3 is 2.62 bits per heavy atom. The lowest BCUT2D eigenvalue weighted by Gasteiger charge is -2.18. The van der Waals surface area contributed by atoms with Crippen molar-refractivity contribution in [2.45, 2.75) is 26.2 Å². The fourth-order valence-electron chi connectivity index (χ4n) is 2.11. The molecule has 0 aromatic carbocycles. The summed E-state index contributed by atoms with van der Waals surface area (Å²) < 4.78 is 0. The average molecular weight is 185 g/mol. The predicted octanol–water partition coefficient (Wildman–Crippen LogP) is 1.44. The Bertz CT molecular complexity index is 182. The van der Waals surface area contributed by atoms with E-state index in [1.807, 2.05) is 0 Å². The van der Waals surface area contributed by atoms with E-state index in [4.69, 9.17) is 5.11 Å². The van der Waals surface area contributed by atoms with Gasteiger partial charge in [0.15, 0.2) is 0 Å². The summed E-state index contributed by atoms with van der Waals surface area (Å²) in [7, 11) is 2.07. The van der Waals surface area contributed by atoms with Crippen LogP contribution in [0.3, 0.4) is 0 Å². The van der Waals surface area contributed by atoms with E-state index in [0.717, 1.165) is 32.4 Å². The van der Waals surface area contributed by atoms with Gasteiger partial charge in [0.1, 0.15) is 0 Å². The highest BCUT2D eigenvalue weighted by atomic mass is 16.4. The first kappa shape index (κ1) is 10.5. The molecule has 0 bridgehead atoms. The van der Waals surface area contributed by atoms with Crippen molar-refractivity contribution in [1.82, 2.24) is 4.90 Å². The molecule has 1 aliphatic rings. The molecule has 0 aliphatic carbocycles. The van der Waals surface area contributed by atoms with E-state index >= 15 is 0 Å². The van der Waals surface area contributed by atoms with Gasteiger partial charge in [-0.15, -0.1) is 0 Å². The summed E-state index contributed by atoms with van der Waals surface area (Å²) in [5, 5.41) is 9.03. The normalized spacial score (nSPS) is 31.2. The van der Waals surface area contributed by atoms with Crippen LogP contribution >= 0.6 is 0 Å². The van der Waals surface area contributed by atoms with Gasteiger partial charge in [-0.1, -0.05) is 13.3 Å². The Morgan fingerprint density at radius 1 is 1.46 bits per heavy atom. The van der Waals surface area contributed by atoms with Crippen LogP contribution in [0.25, 0.3) is 0 Å². The van der Waals surface area contributed by atoms with Gasteiger partial charge in [0, 0.05) is 0 Å². The van der Waals surface area contributed by atoms with Crippen LogP contribution in [0, 0.1) is 11.8 Å². The summed E-state index contributed by atoms with van der Waals surface area (Å²) in [6.07, 6.45) is 2.83. The molecule has 13 heavy (non-hydrogen) atoms. The topological polar surface area (TPSA) is 40.5 Å². The molecule has 0 spiro atoms. The summed E-state index contributed by atoms with van der Waals surface area (Å²) in [5.41, 5.74) is 0. The molecule has 1 rings (SSSR count). The number of carboxylic acids is 1. The molecule has 1 aliphatic heterocycles. The van der Waals surface area contributed by atoms with Crippen LogP contribution in [0.4, 0.5) is 0 Å². The van der Waals surface area contributed by atoms with Crippen molar-refractivity contribution in [1.29, 1.82) is 0 Å². The minimum Gasteiger partial charge on any atom is -0.481 e. The molecule has 0 amide bonds. The molecule has 0 aromatic heterocycles. The zero-order valence-corrected chi connectivity index (χ0v) is 8.49. The maximum absolute atomic E-state index is 11.0. The van der Waals surface area contributed by atoms with Crippen LogP contribution in [0.1, 0.15) is 26.2 Å². The largest absolute Gasteiger partial charge is 0.481 e. The Kier molecular flexibility index (Phi) is 3.72. The minimum atomic E-state index is -0.609. The Hall–Kier alpha value is -0.570. The summed E-state index contributed by atoms with van der Waals surface area (Å²) in [6.45, 7) is 4.06. The zero-order chi connectivity index (χ0) is 9.84. The van der Waals surface area contributed by atoms with E-state index in [-0.39, 0.29) is 5.92 Å². The second-order valence-electron chi connectivity index (χ2n) is 3.99. The summed E-state index contributed by atoms with van der Waals surface area (Å²) >= 11 is 0. The minimum absolute atomic E-state index is 0.116. The average Bonchev–Trinajstić information content (AvgIpc) is 2.26. The highest BCUT2D eigenvalue weighted by Crippen LogP contribution is 2.26. The van der Waals surface area contributed by atoms with Crippen LogP contribution in [0.5, 0.6) is 0 Å². The third-order valence-corrected chi connectivity index (χ3v) is 3.11. The van der Waals surface area contributed by atoms with E-state index in [0.29, 0.717) is 5.92 Å². The molecule has 76 valence electrons. The van der Waals surface area contributed by atoms with E-state index in [9.17, 15) is 4.79 Å². The second-order valence-corrected chi connectivity index (χ2v) is 3.99. The van der Waals surface area contributed by atoms with E-state index in [1.165, 1.54) is 0 Å². The molecule has 0 radical (unpaired) electrons.